The van der Waals surface area contributed by atoms with Crippen molar-refractivity contribution < 1.29 is 18.3 Å². The quantitative estimate of drug-likeness (QED) is 0.889. The molecule has 2 aromatic carbocycles. The third-order valence-electron chi connectivity index (χ3n) is 2.55. The summed E-state index contributed by atoms with van der Waals surface area (Å²) in [5, 5.41) is 14.6. The van der Waals surface area contributed by atoms with Gasteiger partial charge in [0.05, 0.1) is 10.5 Å². The number of hydrogen-bond acceptors (Lipinski definition) is 4. The van der Waals surface area contributed by atoms with Crippen molar-refractivity contribution in [3.8, 4) is 0 Å². The maximum Gasteiger partial charge on any atom is 0.336 e. The van der Waals surface area contributed by atoms with Gasteiger partial charge in [-0.05, 0) is 30.3 Å². The zero-order valence-electron chi connectivity index (χ0n) is 10.5. The molecule has 0 aromatic heterocycles. The number of benzene rings is 2. The second-order valence-electron chi connectivity index (χ2n) is 4.04. The lowest BCUT2D eigenvalue weighted by Gasteiger charge is -2.09. The summed E-state index contributed by atoms with van der Waals surface area (Å²) in [4.78, 5) is 11.8. The van der Waals surface area contributed by atoms with Crippen molar-refractivity contribution in [3.05, 3.63) is 53.1 Å². The van der Waals surface area contributed by atoms with E-state index in [4.69, 9.17) is 21.8 Å². The highest BCUT2D eigenvalue weighted by molar-refractivity contribution is 8.00. The van der Waals surface area contributed by atoms with Crippen LogP contribution in [0.5, 0.6) is 0 Å². The number of hydrogen-bond donors (Lipinski definition) is 2. The van der Waals surface area contributed by atoms with E-state index in [0.717, 1.165) is 11.8 Å². The zero-order valence-corrected chi connectivity index (χ0v) is 12.9. The average Bonchev–Trinajstić information content (AvgIpc) is 2.37. The predicted octanol–water partition coefficient (Wildman–Crippen LogP) is 2.84. The van der Waals surface area contributed by atoms with Crippen LogP contribution in [0.25, 0.3) is 0 Å². The highest BCUT2D eigenvalue weighted by Crippen LogP contribution is 2.36. The van der Waals surface area contributed by atoms with Gasteiger partial charge in [-0.15, -0.1) is 0 Å². The number of rotatable bonds is 4. The fourth-order valence-corrected chi connectivity index (χ4v) is 3.96. The van der Waals surface area contributed by atoms with Crippen molar-refractivity contribution in [1.29, 1.82) is 0 Å². The van der Waals surface area contributed by atoms with Gasteiger partial charge < -0.3 is 5.11 Å². The molecule has 0 atom stereocenters. The lowest BCUT2D eigenvalue weighted by atomic mass is 10.2. The van der Waals surface area contributed by atoms with Crippen molar-refractivity contribution in [2.24, 2.45) is 5.14 Å². The van der Waals surface area contributed by atoms with Crippen LogP contribution in [-0.2, 0) is 10.0 Å². The van der Waals surface area contributed by atoms with E-state index >= 15 is 0 Å². The maximum absolute atomic E-state index is 11.6. The van der Waals surface area contributed by atoms with E-state index < -0.39 is 16.0 Å². The molecule has 5 nitrogen and oxygen atoms in total. The lowest BCUT2D eigenvalue weighted by molar-refractivity contribution is 0.0693. The third kappa shape index (κ3) is 3.76. The van der Waals surface area contributed by atoms with Gasteiger partial charge in [0, 0.05) is 14.8 Å². The van der Waals surface area contributed by atoms with Crippen molar-refractivity contribution in [3.63, 3.8) is 0 Å². The first-order valence-corrected chi connectivity index (χ1v) is 8.35. The van der Waals surface area contributed by atoms with Gasteiger partial charge >= 0.3 is 5.97 Å². The van der Waals surface area contributed by atoms with Crippen molar-refractivity contribution in [2.45, 2.75) is 14.7 Å². The first-order valence-electron chi connectivity index (χ1n) is 5.61. The van der Waals surface area contributed by atoms with Gasteiger partial charge in [-0.25, -0.2) is 18.4 Å². The van der Waals surface area contributed by atoms with Crippen LogP contribution in [0.2, 0.25) is 5.02 Å². The number of nitrogens with two attached hydrogens (primary N) is 1. The normalized spacial score (nSPS) is 11.3. The molecule has 0 radical (unpaired) electrons. The number of carbonyl (C=O) groups is 1. The number of aromatic carboxylic acids is 1. The molecule has 0 spiro atoms. The summed E-state index contributed by atoms with van der Waals surface area (Å²) in [6.45, 7) is 0. The molecule has 0 fully saturated rings. The van der Waals surface area contributed by atoms with Crippen LogP contribution in [0.3, 0.4) is 0 Å². The largest absolute Gasteiger partial charge is 0.478 e. The highest BCUT2D eigenvalue weighted by atomic mass is 35.5. The van der Waals surface area contributed by atoms with Crippen LogP contribution in [0.15, 0.2) is 57.2 Å². The molecular weight excluding hydrogens is 334 g/mol. The molecule has 2 rings (SSSR count). The second-order valence-corrected chi connectivity index (χ2v) is 7.09. The van der Waals surface area contributed by atoms with E-state index in [2.05, 4.69) is 0 Å². The van der Waals surface area contributed by atoms with Gasteiger partial charge in [-0.2, -0.15) is 0 Å². The number of sulfonamides is 1. The topological polar surface area (TPSA) is 97.5 Å². The molecule has 3 N–H and O–H groups in total. The van der Waals surface area contributed by atoms with Gasteiger partial charge in [-0.1, -0.05) is 35.5 Å². The molecule has 0 aliphatic heterocycles. The molecule has 8 heteroatoms. The monoisotopic (exact) mass is 343 g/mol. The summed E-state index contributed by atoms with van der Waals surface area (Å²) >= 11 is 6.86. The first kappa shape index (κ1) is 15.8. The highest BCUT2D eigenvalue weighted by Gasteiger charge is 2.18. The number of carboxylic acid groups (broad SMARTS) is 1. The Bertz CT molecular complexity index is 806. The van der Waals surface area contributed by atoms with E-state index in [0.29, 0.717) is 9.92 Å². The number of primary sulfonamides is 1. The van der Waals surface area contributed by atoms with Gasteiger partial charge in [0.25, 0.3) is 0 Å². The molecule has 2 aromatic rings. The number of carboxylic acids is 1. The third-order valence-corrected chi connectivity index (χ3v) is 5.02. The van der Waals surface area contributed by atoms with Crippen molar-refractivity contribution >= 4 is 39.4 Å². The molecular formula is C13H10ClNO4S2. The average molecular weight is 344 g/mol. The summed E-state index contributed by atoms with van der Waals surface area (Å²) < 4.78 is 23.2. The summed E-state index contributed by atoms with van der Waals surface area (Å²) in [6, 6.07) is 10.4. The molecule has 21 heavy (non-hydrogen) atoms. The zero-order chi connectivity index (χ0) is 15.6. The molecule has 0 aliphatic carbocycles. The Morgan fingerprint density at radius 1 is 1.14 bits per heavy atom. The minimum atomic E-state index is -3.93. The minimum Gasteiger partial charge on any atom is -0.478 e. The Morgan fingerprint density at radius 2 is 1.81 bits per heavy atom. The Morgan fingerprint density at radius 3 is 2.43 bits per heavy atom. The fourth-order valence-electron chi connectivity index (χ4n) is 1.65. The summed E-state index contributed by atoms with van der Waals surface area (Å²) in [6.07, 6.45) is 0. The molecule has 0 saturated carbocycles. The Labute approximate surface area is 130 Å². The molecule has 0 saturated heterocycles. The van der Waals surface area contributed by atoms with Gasteiger partial charge in [0.2, 0.25) is 10.0 Å². The maximum atomic E-state index is 11.6. The fraction of sp³-hybridized carbons (Fsp3) is 0. The summed E-state index contributed by atoms with van der Waals surface area (Å²) in [7, 11) is -3.93. The molecule has 0 amide bonds. The number of halogens is 1. The van der Waals surface area contributed by atoms with Crippen LogP contribution in [0.1, 0.15) is 10.4 Å². The predicted molar refractivity (Wildman–Crippen MR) is 80.3 cm³/mol. The van der Waals surface area contributed by atoms with E-state index in [1.807, 2.05) is 0 Å². The Hall–Kier alpha value is -1.54. The van der Waals surface area contributed by atoms with Crippen LogP contribution in [0, 0.1) is 0 Å². The molecule has 0 bridgehead atoms. The standard InChI is InChI=1S/C13H10ClNO4S2/c14-8-5-6-12(21(15,18)19)11(7-8)20-10-4-2-1-3-9(10)13(16)17/h1-7H,(H,16,17)(H2,15,18,19). The Kier molecular flexibility index (Phi) is 4.58. The molecule has 0 aliphatic rings. The van der Waals surface area contributed by atoms with Gasteiger partial charge in [-0.3, -0.25) is 0 Å². The molecule has 0 heterocycles. The van der Waals surface area contributed by atoms with Crippen molar-refractivity contribution in [1.82, 2.24) is 0 Å². The summed E-state index contributed by atoms with van der Waals surface area (Å²) in [5.74, 6) is -1.10. The second kappa shape index (κ2) is 6.07. The van der Waals surface area contributed by atoms with E-state index in [-0.39, 0.29) is 15.4 Å². The van der Waals surface area contributed by atoms with Crippen LogP contribution in [-0.4, -0.2) is 19.5 Å². The molecule has 110 valence electrons. The van der Waals surface area contributed by atoms with E-state index in [9.17, 15) is 13.2 Å². The Balaban J connectivity index is 2.55. The SMILES string of the molecule is NS(=O)(=O)c1ccc(Cl)cc1Sc1ccccc1C(=O)O. The van der Waals surface area contributed by atoms with Crippen molar-refractivity contribution in [2.75, 3.05) is 0 Å². The summed E-state index contributed by atoms with van der Waals surface area (Å²) in [5.41, 5.74) is 0.0721. The van der Waals surface area contributed by atoms with Gasteiger partial charge in [0.1, 0.15) is 0 Å². The van der Waals surface area contributed by atoms with Crippen LogP contribution < -0.4 is 5.14 Å². The van der Waals surface area contributed by atoms with Gasteiger partial charge in [0.15, 0.2) is 0 Å². The molecule has 0 unspecified atom stereocenters. The van der Waals surface area contributed by atoms with E-state index in [1.54, 1.807) is 18.2 Å². The van der Waals surface area contributed by atoms with Crippen LogP contribution >= 0.6 is 23.4 Å². The van der Waals surface area contributed by atoms with Crippen LogP contribution in [0.4, 0.5) is 0 Å². The first-order chi connectivity index (χ1) is 9.79. The lowest BCUT2D eigenvalue weighted by Crippen LogP contribution is -2.13. The minimum absolute atomic E-state index is 0.0721. The smallest absolute Gasteiger partial charge is 0.336 e. The van der Waals surface area contributed by atoms with E-state index in [1.165, 1.54) is 24.3 Å².